The van der Waals surface area contributed by atoms with Crippen LogP contribution in [-0.2, 0) is 6.54 Å². The van der Waals surface area contributed by atoms with Gasteiger partial charge in [-0.1, -0.05) is 13.3 Å². The van der Waals surface area contributed by atoms with Gasteiger partial charge < -0.3 is 15.7 Å². The van der Waals surface area contributed by atoms with Crippen LogP contribution in [0.1, 0.15) is 26.2 Å². The van der Waals surface area contributed by atoms with Gasteiger partial charge in [-0.3, -0.25) is 4.68 Å². The summed E-state index contributed by atoms with van der Waals surface area (Å²) in [4.78, 5) is 2.30. The van der Waals surface area contributed by atoms with Crippen molar-refractivity contribution in [3.8, 4) is 0 Å². The monoisotopic (exact) mass is 240 g/mol. The Kier molecular flexibility index (Phi) is 6.65. The molecule has 0 saturated heterocycles. The molecule has 0 saturated carbocycles. The topological polar surface area (TPSA) is 67.3 Å². The quantitative estimate of drug-likeness (QED) is 0.674. The Hall–Kier alpha value is -1.07. The van der Waals surface area contributed by atoms with E-state index in [-0.39, 0.29) is 6.61 Å². The van der Waals surface area contributed by atoms with E-state index in [4.69, 9.17) is 10.8 Å². The summed E-state index contributed by atoms with van der Waals surface area (Å²) in [5.41, 5.74) is 5.55. The normalized spacial score (nSPS) is 11.2. The van der Waals surface area contributed by atoms with E-state index in [1.807, 2.05) is 16.9 Å². The molecule has 0 aliphatic heterocycles. The molecular formula is C12H24N4O. The van der Waals surface area contributed by atoms with E-state index in [2.05, 4.69) is 16.9 Å². The summed E-state index contributed by atoms with van der Waals surface area (Å²) >= 11 is 0. The van der Waals surface area contributed by atoms with Gasteiger partial charge in [0.1, 0.15) is 5.82 Å². The molecule has 0 fully saturated rings. The van der Waals surface area contributed by atoms with Gasteiger partial charge in [-0.15, -0.1) is 0 Å². The van der Waals surface area contributed by atoms with E-state index < -0.39 is 0 Å². The molecule has 5 nitrogen and oxygen atoms in total. The summed E-state index contributed by atoms with van der Waals surface area (Å²) in [6.07, 6.45) is 5.31. The van der Waals surface area contributed by atoms with Crippen molar-refractivity contribution < 1.29 is 5.11 Å². The van der Waals surface area contributed by atoms with Gasteiger partial charge in [0, 0.05) is 19.3 Å². The first-order chi connectivity index (χ1) is 8.26. The Bertz CT molecular complexity index is 300. The Morgan fingerprint density at radius 3 is 2.71 bits per heavy atom. The van der Waals surface area contributed by atoms with Crippen LogP contribution in [-0.4, -0.2) is 46.0 Å². The van der Waals surface area contributed by atoms with Gasteiger partial charge in [0.05, 0.1) is 6.61 Å². The number of hydrogen-bond acceptors (Lipinski definition) is 4. The molecular weight excluding hydrogens is 216 g/mol. The number of hydrogen-bond donors (Lipinski definition) is 2. The van der Waals surface area contributed by atoms with Crippen molar-refractivity contribution in [3.05, 3.63) is 12.3 Å². The van der Waals surface area contributed by atoms with E-state index in [1.54, 1.807) is 0 Å². The first-order valence-corrected chi connectivity index (χ1v) is 6.38. The van der Waals surface area contributed by atoms with E-state index in [1.165, 1.54) is 12.8 Å². The summed E-state index contributed by atoms with van der Waals surface area (Å²) in [6, 6.07) is 1.81. The van der Waals surface area contributed by atoms with Crippen molar-refractivity contribution in [1.29, 1.82) is 0 Å². The van der Waals surface area contributed by atoms with Crippen molar-refractivity contribution >= 4 is 5.82 Å². The molecule has 98 valence electrons. The van der Waals surface area contributed by atoms with Crippen molar-refractivity contribution in [1.82, 2.24) is 14.7 Å². The Labute approximate surface area is 103 Å². The fourth-order valence-electron chi connectivity index (χ4n) is 1.82. The highest BCUT2D eigenvalue weighted by molar-refractivity contribution is 5.23. The van der Waals surface area contributed by atoms with Gasteiger partial charge in [-0.05, 0) is 32.0 Å². The predicted molar refractivity (Wildman–Crippen MR) is 69.7 cm³/mol. The average Bonchev–Trinajstić information content (AvgIpc) is 2.72. The van der Waals surface area contributed by atoms with Crippen LogP contribution in [0, 0.1) is 0 Å². The van der Waals surface area contributed by atoms with Crippen molar-refractivity contribution in [2.75, 3.05) is 32.0 Å². The van der Waals surface area contributed by atoms with Gasteiger partial charge in [0.2, 0.25) is 0 Å². The molecule has 1 aromatic heterocycles. The van der Waals surface area contributed by atoms with E-state index in [9.17, 15) is 0 Å². The van der Waals surface area contributed by atoms with Crippen LogP contribution in [0.25, 0.3) is 0 Å². The minimum absolute atomic E-state index is 0.235. The van der Waals surface area contributed by atoms with Crippen LogP contribution in [0.15, 0.2) is 12.3 Å². The summed E-state index contributed by atoms with van der Waals surface area (Å²) in [5, 5.41) is 13.1. The minimum Gasteiger partial charge on any atom is -0.395 e. The second-order valence-corrected chi connectivity index (χ2v) is 4.28. The molecule has 1 aromatic rings. The lowest BCUT2D eigenvalue weighted by Gasteiger charge is -2.20. The summed E-state index contributed by atoms with van der Waals surface area (Å²) in [7, 11) is 0. The zero-order chi connectivity index (χ0) is 12.5. The van der Waals surface area contributed by atoms with Gasteiger partial charge in [0.15, 0.2) is 0 Å². The van der Waals surface area contributed by atoms with Crippen LogP contribution < -0.4 is 5.73 Å². The summed E-state index contributed by atoms with van der Waals surface area (Å²) in [5.74, 6) is 0.572. The highest BCUT2D eigenvalue weighted by Crippen LogP contribution is 2.00. The SMILES string of the molecule is CCCCN(CCO)CCCn1ccc(N)n1. The molecule has 5 heteroatoms. The zero-order valence-corrected chi connectivity index (χ0v) is 10.7. The second kappa shape index (κ2) is 8.08. The number of aliphatic hydroxyl groups excluding tert-OH is 1. The Balaban J connectivity index is 2.21. The fraction of sp³-hybridized carbons (Fsp3) is 0.750. The molecule has 1 rings (SSSR count). The molecule has 3 N–H and O–H groups in total. The van der Waals surface area contributed by atoms with Crippen molar-refractivity contribution in [2.45, 2.75) is 32.7 Å². The molecule has 17 heavy (non-hydrogen) atoms. The van der Waals surface area contributed by atoms with E-state index in [0.717, 1.165) is 32.6 Å². The van der Waals surface area contributed by atoms with E-state index >= 15 is 0 Å². The largest absolute Gasteiger partial charge is 0.395 e. The smallest absolute Gasteiger partial charge is 0.145 e. The van der Waals surface area contributed by atoms with Gasteiger partial charge >= 0.3 is 0 Å². The molecule has 0 amide bonds. The van der Waals surface area contributed by atoms with Crippen molar-refractivity contribution in [2.24, 2.45) is 0 Å². The molecule has 0 radical (unpaired) electrons. The lowest BCUT2D eigenvalue weighted by molar-refractivity contribution is 0.190. The molecule has 0 aliphatic rings. The fourth-order valence-corrected chi connectivity index (χ4v) is 1.82. The number of aromatic nitrogens is 2. The molecule has 1 heterocycles. The third kappa shape index (κ3) is 5.70. The maximum Gasteiger partial charge on any atom is 0.145 e. The average molecular weight is 240 g/mol. The number of nitrogen functional groups attached to an aromatic ring is 1. The maximum absolute atomic E-state index is 8.98. The second-order valence-electron chi connectivity index (χ2n) is 4.28. The number of aliphatic hydroxyl groups is 1. The highest BCUT2D eigenvalue weighted by atomic mass is 16.3. The standard InChI is InChI=1S/C12H24N4O/c1-2-3-6-15(10-11-17)7-4-8-16-9-5-12(13)14-16/h5,9,17H,2-4,6-8,10-11H2,1H3,(H2,13,14). The number of rotatable bonds is 9. The summed E-state index contributed by atoms with van der Waals surface area (Å²) in [6.45, 7) is 6.13. The summed E-state index contributed by atoms with van der Waals surface area (Å²) < 4.78 is 1.87. The zero-order valence-electron chi connectivity index (χ0n) is 10.7. The van der Waals surface area contributed by atoms with E-state index in [0.29, 0.717) is 5.82 Å². The minimum atomic E-state index is 0.235. The predicted octanol–water partition coefficient (Wildman–Crippen LogP) is 0.950. The molecule has 0 spiro atoms. The number of nitrogens with two attached hydrogens (primary N) is 1. The first kappa shape index (κ1) is 14.0. The van der Waals surface area contributed by atoms with Crippen LogP contribution in [0.4, 0.5) is 5.82 Å². The Morgan fingerprint density at radius 1 is 1.35 bits per heavy atom. The maximum atomic E-state index is 8.98. The highest BCUT2D eigenvalue weighted by Gasteiger charge is 2.03. The third-order valence-corrected chi connectivity index (χ3v) is 2.77. The third-order valence-electron chi connectivity index (χ3n) is 2.77. The van der Waals surface area contributed by atoms with Gasteiger partial charge in [0.25, 0.3) is 0 Å². The van der Waals surface area contributed by atoms with Crippen LogP contribution in [0.2, 0.25) is 0 Å². The molecule has 0 bridgehead atoms. The molecule has 0 aromatic carbocycles. The lowest BCUT2D eigenvalue weighted by atomic mass is 10.3. The number of anilines is 1. The van der Waals surface area contributed by atoms with Crippen LogP contribution >= 0.6 is 0 Å². The van der Waals surface area contributed by atoms with Gasteiger partial charge in [-0.25, -0.2) is 0 Å². The molecule has 0 atom stereocenters. The number of nitrogens with zero attached hydrogens (tertiary/aromatic N) is 3. The lowest BCUT2D eigenvalue weighted by Crippen LogP contribution is -2.29. The first-order valence-electron chi connectivity index (χ1n) is 6.38. The number of unbranched alkanes of at least 4 members (excludes halogenated alkanes) is 1. The van der Waals surface area contributed by atoms with Gasteiger partial charge in [-0.2, -0.15) is 5.10 Å². The molecule has 0 unspecified atom stereocenters. The van der Waals surface area contributed by atoms with Crippen LogP contribution in [0.3, 0.4) is 0 Å². The number of aryl methyl sites for hydroxylation is 1. The van der Waals surface area contributed by atoms with Crippen LogP contribution in [0.5, 0.6) is 0 Å². The molecule has 0 aliphatic carbocycles. The van der Waals surface area contributed by atoms with Crippen molar-refractivity contribution in [3.63, 3.8) is 0 Å². The Morgan fingerprint density at radius 2 is 2.12 bits per heavy atom.